The van der Waals surface area contributed by atoms with E-state index in [2.05, 4.69) is 0 Å². The normalized spacial score (nSPS) is 16.1. The van der Waals surface area contributed by atoms with Gasteiger partial charge in [-0.05, 0) is 0 Å². The summed E-state index contributed by atoms with van der Waals surface area (Å²) >= 11 is 0. The lowest BCUT2D eigenvalue weighted by atomic mass is 10.0. The molecule has 0 aromatic rings. The van der Waals surface area contributed by atoms with Crippen molar-refractivity contribution < 1.29 is 23.1 Å². The van der Waals surface area contributed by atoms with Crippen molar-refractivity contribution >= 4 is 18.4 Å². The highest BCUT2D eigenvalue weighted by Crippen LogP contribution is 2.27. The Labute approximate surface area is 73.1 Å². The first-order valence-electron chi connectivity index (χ1n) is 2.82. The van der Waals surface area contributed by atoms with Gasteiger partial charge < -0.3 is 10.8 Å². The molecule has 0 aliphatic heterocycles. The minimum Gasteiger partial charge on any atom is -0.480 e. The highest BCUT2D eigenvalue weighted by Gasteiger charge is 2.42. The molecule has 0 saturated carbocycles. The van der Waals surface area contributed by atoms with Crippen LogP contribution in [-0.2, 0) is 4.79 Å². The number of nitrogens with two attached hydrogens (primary N) is 1. The fraction of sp³-hybridized carbons (Fsp3) is 0.800. The zero-order valence-electron chi connectivity index (χ0n) is 6.13. The Morgan fingerprint density at radius 2 is 1.83 bits per heavy atom. The van der Waals surface area contributed by atoms with Gasteiger partial charge in [-0.3, -0.25) is 4.79 Å². The predicted molar refractivity (Wildman–Crippen MR) is 38.1 cm³/mol. The molecule has 7 heteroatoms. The van der Waals surface area contributed by atoms with E-state index in [4.69, 9.17) is 10.8 Å². The van der Waals surface area contributed by atoms with Crippen LogP contribution in [0.15, 0.2) is 0 Å². The first-order valence-corrected chi connectivity index (χ1v) is 2.82. The van der Waals surface area contributed by atoms with Crippen LogP contribution in [0.2, 0.25) is 0 Å². The largest absolute Gasteiger partial charge is 0.480 e. The molecule has 0 amide bonds. The Balaban J connectivity index is 0. The van der Waals surface area contributed by atoms with Gasteiger partial charge in [-0.2, -0.15) is 13.2 Å². The second-order valence-electron chi connectivity index (χ2n) is 2.19. The summed E-state index contributed by atoms with van der Waals surface area (Å²) in [6, 6.07) is -1.88. The van der Waals surface area contributed by atoms with Crippen LogP contribution in [0.1, 0.15) is 6.92 Å². The fourth-order valence-corrected chi connectivity index (χ4v) is 0.417. The second-order valence-corrected chi connectivity index (χ2v) is 2.19. The van der Waals surface area contributed by atoms with Gasteiger partial charge in [0, 0.05) is 0 Å². The van der Waals surface area contributed by atoms with E-state index in [1.807, 2.05) is 0 Å². The summed E-state index contributed by atoms with van der Waals surface area (Å²) in [7, 11) is 0. The molecule has 3 N–H and O–H groups in total. The van der Waals surface area contributed by atoms with Gasteiger partial charge in [0.05, 0.1) is 5.92 Å². The third-order valence-corrected chi connectivity index (χ3v) is 1.34. The number of carboxylic acids is 1. The molecule has 0 saturated heterocycles. The van der Waals surface area contributed by atoms with Gasteiger partial charge in [-0.25, -0.2) is 0 Å². The molecule has 0 heterocycles. The maximum absolute atomic E-state index is 11.7. The van der Waals surface area contributed by atoms with E-state index in [-0.39, 0.29) is 12.4 Å². The van der Waals surface area contributed by atoms with Crippen molar-refractivity contribution in [2.24, 2.45) is 11.7 Å². The summed E-state index contributed by atoms with van der Waals surface area (Å²) in [6.07, 6.45) is -4.54. The van der Waals surface area contributed by atoms with Crippen LogP contribution in [0.25, 0.3) is 0 Å². The average Bonchev–Trinajstić information content (AvgIpc) is 1.82. The number of halogens is 4. The number of aliphatic carboxylic acids is 1. The molecule has 0 radical (unpaired) electrons. The Morgan fingerprint density at radius 1 is 1.50 bits per heavy atom. The van der Waals surface area contributed by atoms with E-state index in [1.54, 1.807) is 0 Å². The molecular formula is C5H9ClF3NO2. The van der Waals surface area contributed by atoms with E-state index >= 15 is 0 Å². The lowest BCUT2D eigenvalue weighted by molar-refractivity contribution is -0.182. The van der Waals surface area contributed by atoms with Gasteiger partial charge in [-0.1, -0.05) is 6.92 Å². The molecule has 0 fully saturated rings. The van der Waals surface area contributed by atoms with Gasteiger partial charge in [0.25, 0.3) is 0 Å². The minimum atomic E-state index is -4.54. The molecule has 0 rings (SSSR count). The van der Waals surface area contributed by atoms with Gasteiger partial charge in [-0.15, -0.1) is 12.4 Å². The van der Waals surface area contributed by atoms with Crippen molar-refractivity contribution in [2.45, 2.75) is 19.1 Å². The fourth-order valence-electron chi connectivity index (χ4n) is 0.417. The number of alkyl halides is 3. The first-order chi connectivity index (χ1) is 4.76. The summed E-state index contributed by atoms with van der Waals surface area (Å²) in [5, 5.41) is 8.09. The summed E-state index contributed by atoms with van der Waals surface area (Å²) < 4.78 is 35.1. The quantitative estimate of drug-likeness (QED) is 0.711. The van der Waals surface area contributed by atoms with E-state index < -0.39 is 24.1 Å². The molecule has 0 spiro atoms. The smallest absolute Gasteiger partial charge is 0.393 e. The molecule has 0 aromatic heterocycles. The molecule has 0 unspecified atom stereocenters. The number of hydrogen-bond donors (Lipinski definition) is 2. The lowest BCUT2D eigenvalue weighted by Crippen LogP contribution is -2.43. The predicted octanol–water partition coefficient (Wildman–Crippen LogP) is 1.02. The highest BCUT2D eigenvalue weighted by atomic mass is 35.5. The minimum absolute atomic E-state index is 0. The lowest BCUT2D eigenvalue weighted by Gasteiger charge is -2.18. The van der Waals surface area contributed by atoms with Crippen molar-refractivity contribution in [3.63, 3.8) is 0 Å². The van der Waals surface area contributed by atoms with Crippen molar-refractivity contribution in [3.05, 3.63) is 0 Å². The Kier molecular flexibility index (Phi) is 5.29. The van der Waals surface area contributed by atoms with Gasteiger partial charge in [0.2, 0.25) is 0 Å². The van der Waals surface area contributed by atoms with Crippen molar-refractivity contribution in [1.82, 2.24) is 0 Å². The van der Waals surface area contributed by atoms with Crippen LogP contribution in [0.3, 0.4) is 0 Å². The molecule has 2 atom stereocenters. The highest BCUT2D eigenvalue weighted by molar-refractivity contribution is 5.85. The van der Waals surface area contributed by atoms with Crippen molar-refractivity contribution in [3.8, 4) is 0 Å². The molecule has 0 aromatic carbocycles. The van der Waals surface area contributed by atoms with E-state index in [1.165, 1.54) is 0 Å². The Hall–Kier alpha value is -0.490. The molecule has 0 aliphatic rings. The topological polar surface area (TPSA) is 63.3 Å². The molecule has 12 heavy (non-hydrogen) atoms. The molecule has 3 nitrogen and oxygen atoms in total. The summed E-state index contributed by atoms with van der Waals surface area (Å²) in [4.78, 5) is 9.96. The van der Waals surface area contributed by atoms with Gasteiger partial charge >= 0.3 is 12.1 Å². The van der Waals surface area contributed by atoms with Crippen LogP contribution in [0, 0.1) is 5.92 Å². The van der Waals surface area contributed by atoms with E-state index in [9.17, 15) is 18.0 Å². The number of carboxylic acid groups (broad SMARTS) is 1. The zero-order valence-corrected chi connectivity index (χ0v) is 6.95. The number of carbonyl (C=O) groups is 1. The molecule has 74 valence electrons. The summed E-state index contributed by atoms with van der Waals surface area (Å²) in [5.41, 5.74) is 4.73. The summed E-state index contributed by atoms with van der Waals surface area (Å²) in [5.74, 6) is -3.66. The Bertz CT molecular complexity index is 161. The van der Waals surface area contributed by atoms with Gasteiger partial charge in [0.15, 0.2) is 0 Å². The van der Waals surface area contributed by atoms with Crippen molar-refractivity contribution in [1.29, 1.82) is 0 Å². The third kappa shape index (κ3) is 3.77. The monoisotopic (exact) mass is 207 g/mol. The average molecular weight is 208 g/mol. The van der Waals surface area contributed by atoms with E-state index in [0.717, 1.165) is 6.92 Å². The zero-order chi connectivity index (χ0) is 9.23. The van der Waals surface area contributed by atoms with Crippen LogP contribution in [-0.4, -0.2) is 23.3 Å². The van der Waals surface area contributed by atoms with Gasteiger partial charge in [0.1, 0.15) is 6.04 Å². The Morgan fingerprint density at radius 3 is 1.92 bits per heavy atom. The SMILES string of the molecule is C[C@H]([C@@H](N)C(=O)O)C(F)(F)F.Cl. The third-order valence-electron chi connectivity index (χ3n) is 1.34. The van der Waals surface area contributed by atoms with Crippen molar-refractivity contribution in [2.75, 3.05) is 0 Å². The van der Waals surface area contributed by atoms with Crippen LogP contribution >= 0.6 is 12.4 Å². The molecule has 0 aliphatic carbocycles. The van der Waals surface area contributed by atoms with Crippen LogP contribution < -0.4 is 5.73 Å². The summed E-state index contributed by atoms with van der Waals surface area (Å²) in [6.45, 7) is 0.735. The maximum atomic E-state index is 11.7. The van der Waals surface area contributed by atoms with Crippen LogP contribution in [0.4, 0.5) is 13.2 Å². The standard InChI is InChI=1S/C5H8F3NO2.ClH/c1-2(5(6,7)8)3(9)4(10)11;/h2-3H,9H2,1H3,(H,10,11);1H/t2-,3-;/m1./s1. The number of hydrogen-bond acceptors (Lipinski definition) is 2. The first kappa shape index (κ1) is 14.1. The van der Waals surface area contributed by atoms with E-state index in [0.29, 0.717) is 0 Å². The second kappa shape index (κ2) is 4.51. The van der Waals surface area contributed by atoms with Crippen LogP contribution in [0.5, 0.6) is 0 Å². The maximum Gasteiger partial charge on any atom is 0.393 e. The molecular weight excluding hydrogens is 199 g/mol. The number of rotatable bonds is 2. The molecule has 0 bridgehead atoms.